The summed E-state index contributed by atoms with van der Waals surface area (Å²) in [6, 6.07) is 0.611. The van der Waals surface area contributed by atoms with Gasteiger partial charge in [-0.3, -0.25) is 9.89 Å². The van der Waals surface area contributed by atoms with Crippen LogP contribution in [0.15, 0.2) is 4.99 Å². The van der Waals surface area contributed by atoms with E-state index in [1.165, 1.54) is 32.2 Å². The minimum Gasteiger partial charge on any atom is -0.355 e. The fourth-order valence-electron chi connectivity index (χ4n) is 2.74. The highest BCUT2D eigenvalue weighted by Gasteiger charge is 2.20. The molecule has 1 aliphatic rings. The number of guanidine groups is 1. The minimum absolute atomic E-state index is 0.0767. The average Bonchev–Trinajstić information content (AvgIpc) is 2.98. The van der Waals surface area contributed by atoms with Gasteiger partial charge in [0.2, 0.25) is 0 Å². The van der Waals surface area contributed by atoms with Gasteiger partial charge >= 0.3 is 0 Å². The summed E-state index contributed by atoms with van der Waals surface area (Å²) in [4.78, 5) is 6.77. The molecule has 130 valence electrons. The molecule has 2 N–H and O–H groups in total. The van der Waals surface area contributed by atoms with Crippen LogP contribution >= 0.6 is 0 Å². The van der Waals surface area contributed by atoms with Crippen LogP contribution in [0.2, 0.25) is 0 Å². The molecule has 22 heavy (non-hydrogen) atoms. The zero-order chi connectivity index (χ0) is 16.6. The lowest BCUT2D eigenvalue weighted by Crippen LogP contribution is -2.48. The first kappa shape index (κ1) is 19.2. The number of sulfone groups is 1. The van der Waals surface area contributed by atoms with Gasteiger partial charge in [-0.25, -0.2) is 8.42 Å². The van der Waals surface area contributed by atoms with Gasteiger partial charge in [-0.2, -0.15) is 0 Å². The molecule has 1 aliphatic heterocycles. The third kappa shape index (κ3) is 7.45. The lowest BCUT2D eigenvalue weighted by molar-refractivity contribution is 0.236. The third-order valence-corrected chi connectivity index (χ3v) is 5.14. The average molecular weight is 333 g/mol. The molecule has 7 heteroatoms. The molecule has 1 fully saturated rings. The van der Waals surface area contributed by atoms with E-state index in [1.807, 2.05) is 6.92 Å². The van der Waals surface area contributed by atoms with Gasteiger partial charge in [-0.1, -0.05) is 6.92 Å². The van der Waals surface area contributed by atoms with Crippen molar-refractivity contribution in [3.63, 3.8) is 0 Å². The Morgan fingerprint density at radius 2 is 1.95 bits per heavy atom. The van der Waals surface area contributed by atoms with E-state index in [2.05, 4.69) is 27.4 Å². The topological polar surface area (TPSA) is 73.8 Å². The monoisotopic (exact) mass is 332 g/mol. The molecule has 0 aromatic carbocycles. The van der Waals surface area contributed by atoms with Crippen molar-refractivity contribution in [3.05, 3.63) is 0 Å². The number of aliphatic imine (C=N–C) groups is 1. The molecule has 0 amide bonds. The van der Waals surface area contributed by atoms with Gasteiger partial charge in [0, 0.05) is 31.9 Å². The summed E-state index contributed by atoms with van der Waals surface area (Å²) in [5.74, 6) is 0.947. The highest BCUT2D eigenvalue weighted by molar-refractivity contribution is 7.90. The van der Waals surface area contributed by atoms with Crippen LogP contribution in [-0.2, 0) is 9.84 Å². The number of nitrogens with zero attached hydrogens (tertiary/aromatic N) is 2. The quantitative estimate of drug-likeness (QED) is 0.509. The number of rotatable bonds is 8. The molecular weight excluding hydrogens is 300 g/mol. The molecule has 1 heterocycles. The predicted molar refractivity (Wildman–Crippen MR) is 93.2 cm³/mol. The van der Waals surface area contributed by atoms with Gasteiger partial charge in [-0.15, -0.1) is 0 Å². The fraction of sp³-hybridized carbons (Fsp3) is 0.933. The van der Waals surface area contributed by atoms with E-state index < -0.39 is 9.84 Å². The third-order valence-electron chi connectivity index (χ3n) is 4.16. The van der Waals surface area contributed by atoms with Gasteiger partial charge in [0.05, 0.1) is 5.75 Å². The second-order valence-electron chi connectivity index (χ2n) is 6.22. The first-order valence-electron chi connectivity index (χ1n) is 8.24. The Balaban J connectivity index is 2.37. The van der Waals surface area contributed by atoms with Crippen molar-refractivity contribution >= 4 is 15.8 Å². The predicted octanol–water partition coefficient (Wildman–Crippen LogP) is 0.849. The van der Waals surface area contributed by atoms with Crippen LogP contribution in [0.5, 0.6) is 0 Å². The fourth-order valence-corrected chi connectivity index (χ4v) is 3.53. The van der Waals surface area contributed by atoms with Crippen LogP contribution in [0.3, 0.4) is 0 Å². The van der Waals surface area contributed by atoms with Crippen LogP contribution in [0.4, 0.5) is 0 Å². The molecule has 0 aliphatic carbocycles. The normalized spacial score (nSPS) is 19.9. The molecule has 2 unspecified atom stereocenters. The molecule has 0 bridgehead atoms. The van der Waals surface area contributed by atoms with E-state index in [4.69, 9.17) is 0 Å². The molecule has 0 saturated carbocycles. The molecule has 0 radical (unpaired) electrons. The second-order valence-corrected chi connectivity index (χ2v) is 8.48. The molecule has 0 spiro atoms. The van der Waals surface area contributed by atoms with Gasteiger partial charge < -0.3 is 10.6 Å². The highest BCUT2D eigenvalue weighted by Crippen LogP contribution is 2.13. The van der Waals surface area contributed by atoms with Gasteiger partial charge in [0.1, 0.15) is 9.84 Å². The molecule has 0 aromatic heterocycles. The zero-order valence-electron chi connectivity index (χ0n) is 14.4. The van der Waals surface area contributed by atoms with E-state index in [0.29, 0.717) is 12.5 Å². The molecule has 2 atom stereocenters. The number of hydrogen-bond donors (Lipinski definition) is 2. The Morgan fingerprint density at radius 3 is 2.45 bits per heavy atom. The minimum atomic E-state index is -2.91. The molecular formula is C15H32N4O2S. The Bertz CT molecular complexity index is 444. The van der Waals surface area contributed by atoms with Crippen molar-refractivity contribution in [1.29, 1.82) is 0 Å². The molecule has 0 aromatic rings. The van der Waals surface area contributed by atoms with Crippen LogP contribution in [0.25, 0.3) is 0 Å². The van der Waals surface area contributed by atoms with Crippen LogP contribution < -0.4 is 10.6 Å². The van der Waals surface area contributed by atoms with Crippen molar-refractivity contribution in [2.45, 2.75) is 51.6 Å². The summed E-state index contributed by atoms with van der Waals surface area (Å²) in [6.07, 6.45) is 5.57. The van der Waals surface area contributed by atoms with Crippen molar-refractivity contribution in [3.8, 4) is 0 Å². The lowest BCUT2D eigenvalue weighted by atomic mass is 10.2. The Kier molecular flexibility index (Phi) is 8.17. The Morgan fingerprint density at radius 1 is 1.32 bits per heavy atom. The van der Waals surface area contributed by atoms with Crippen molar-refractivity contribution in [2.75, 3.05) is 38.7 Å². The summed E-state index contributed by atoms with van der Waals surface area (Å²) in [7, 11) is -1.16. The van der Waals surface area contributed by atoms with E-state index >= 15 is 0 Å². The van der Waals surface area contributed by atoms with Crippen LogP contribution in [0.1, 0.15) is 39.5 Å². The van der Waals surface area contributed by atoms with E-state index in [0.717, 1.165) is 18.9 Å². The summed E-state index contributed by atoms with van der Waals surface area (Å²) in [6.45, 7) is 7.45. The van der Waals surface area contributed by atoms with Crippen LogP contribution in [0, 0.1) is 0 Å². The number of likely N-dealkylation sites (tertiary alicyclic amines) is 1. The maximum atomic E-state index is 11.2. The summed E-state index contributed by atoms with van der Waals surface area (Å²) < 4.78 is 22.4. The van der Waals surface area contributed by atoms with E-state index in [1.54, 1.807) is 7.05 Å². The highest BCUT2D eigenvalue weighted by atomic mass is 32.2. The summed E-state index contributed by atoms with van der Waals surface area (Å²) >= 11 is 0. The van der Waals surface area contributed by atoms with Gasteiger partial charge in [0.25, 0.3) is 0 Å². The second kappa shape index (κ2) is 9.35. The van der Waals surface area contributed by atoms with Gasteiger partial charge in [-0.05, 0) is 45.7 Å². The SMILES string of the molecule is CCC(CNC(=NC)NC(C)CCS(C)(=O)=O)N1CCCC1. The summed E-state index contributed by atoms with van der Waals surface area (Å²) in [5, 5.41) is 6.64. The number of nitrogens with one attached hydrogen (secondary N) is 2. The van der Waals surface area contributed by atoms with E-state index in [9.17, 15) is 8.42 Å². The molecule has 1 saturated heterocycles. The first-order chi connectivity index (χ1) is 10.4. The molecule has 6 nitrogen and oxygen atoms in total. The largest absolute Gasteiger partial charge is 0.355 e. The lowest BCUT2D eigenvalue weighted by Gasteiger charge is -2.28. The van der Waals surface area contributed by atoms with E-state index in [-0.39, 0.29) is 11.8 Å². The summed E-state index contributed by atoms with van der Waals surface area (Å²) in [5.41, 5.74) is 0. The Labute approximate surface area is 135 Å². The van der Waals surface area contributed by atoms with Gasteiger partial charge in [0.15, 0.2) is 5.96 Å². The first-order valence-corrected chi connectivity index (χ1v) is 10.3. The van der Waals surface area contributed by atoms with Crippen molar-refractivity contribution in [1.82, 2.24) is 15.5 Å². The smallest absolute Gasteiger partial charge is 0.191 e. The number of hydrogen-bond acceptors (Lipinski definition) is 4. The maximum absolute atomic E-state index is 11.2. The maximum Gasteiger partial charge on any atom is 0.191 e. The van der Waals surface area contributed by atoms with Crippen molar-refractivity contribution < 1.29 is 8.42 Å². The molecule has 1 rings (SSSR count). The Hall–Kier alpha value is -0.820. The van der Waals surface area contributed by atoms with Crippen molar-refractivity contribution in [2.24, 2.45) is 4.99 Å². The standard InChI is InChI=1S/C15H32N4O2S/c1-5-14(19-9-6-7-10-19)12-17-15(16-3)18-13(2)8-11-22(4,20)21/h13-14H,5-12H2,1-4H3,(H2,16,17,18). The van der Waals surface area contributed by atoms with Crippen LogP contribution in [-0.4, -0.2) is 70.1 Å². The zero-order valence-corrected chi connectivity index (χ0v) is 15.2.